The van der Waals surface area contributed by atoms with Crippen molar-refractivity contribution in [3.8, 4) is 0 Å². The average Bonchev–Trinajstić information content (AvgIpc) is 3.12. The molecular formula is C23H27NO3S. The summed E-state index contributed by atoms with van der Waals surface area (Å²) in [5, 5.41) is 15.2. The third-order valence-electron chi connectivity index (χ3n) is 6.36. The Hall–Kier alpha value is -2.14. The highest BCUT2D eigenvalue weighted by Crippen LogP contribution is 2.50. The molecule has 28 heavy (non-hydrogen) atoms. The molecular weight excluding hydrogens is 370 g/mol. The van der Waals surface area contributed by atoms with Crippen LogP contribution in [0.1, 0.15) is 55.3 Å². The number of carbonyl (C=O) groups is 2. The van der Waals surface area contributed by atoms with Crippen LogP contribution in [-0.4, -0.2) is 23.0 Å². The van der Waals surface area contributed by atoms with Gasteiger partial charge >= 0.3 is 5.97 Å². The summed E-state index contributed by atoms with van der Waals surface area (Å²) in [6, 6.07) is 8.24. The van der Waals surface area contributed by atoms with Crippen molar-refractivity contribution in [3.63, 3.8) is 0 Å². The van der Waals surface area contributed by atoms with Gasteiger partial charge in [-0.2, -0.15) is 0 Å². The lowest BCUT2D eigenvalue weighted by Crippen LogP contribution is -2.52. The predicted octanol–water partition coefficient (Wildman–Crippen LogP) is 5.25. The lowest BCUT2D eigenvalue weighted by atomic mass is 9.57. The summed E-state index contributed by atoms with van der Waals surface area (Å²) in [5.41, 5.74) is 0.787. The summed E-state index contributed by atoms with van der Waals surface area (Å²) < 4.78 is 1.07. The molecule has 0 spiro atoms. The lowest BCUT2D eigenvalue weighted by molar-refractivity contribution is -0.137. The second-order valence-corrected chi connectivity index (χ2v) is 9.13. The molecule has 0 radical (unpaired) electrons. The van der Waals surface area contributed by atoms with Crippen LogP contribution in [0, 0.1) is 17.8 Å². The standard InChI is InChI=1S/C23H27NO3S/c25-21(26)9-4-2-1-3-7-18-17-12-15(13-17)14-20(18)24-23(27)19-8-5-6-16-10-11-28-22(16)19/h1,3,5-6,8,10-11,15,17-18,20H,2,4,7,9,12-14H2,(H,24,27)(H,25,26)/b3-1-/t15?,17?,18-,20-/m1/s1. The fourth-order valence-corrected chi connectivity index (χ4v) is 5.79. The van der Waals surface area contributed by atoms with Crippen molar-refractivity contribution in [3.05, 3.63) is 47.4 Å². The van der Waals surface area contributed by atoms with Crippen LogP contribution in [0.25, 0.3) is 10.1 Å². The van der Waals surface area contributed by atoms with Gasteiger partial charge in [-0.15, -0.1) is 11.3 Å². The maximum Gasteiger partial charge on any atom is 0.303 e. The number of hydrogen-bond donors (Lipinski definition) is 2. The Labute approximate surface area is 169 Å². The Kier molecular flexibility index (Phi) is 5.81. The second-order valence-electron chi connectivity index (χ2n) is 8.21. The van der Waals surface area contributed by atoms with Crippen LogP contribution in [-0.2, 0) is 4.79 Å². The van der Waals surface area contributed by atoms with Gasteiger partial charge in [0, 0.05) is 17.2 Å². The minimum atomic E-state index is -0.732. The molecule has 3 fully saturated rings. The molecule has 5 rings (SSSR count). The van der Waals surface area contributed by atoms with Gasteiger partial charge in [0.2, 0.25) is 0 Å². The molecule has 2 atom stereocenters. The van der Waals surface area contributed by atoms with E-state index in [9.17, 15) is 9.59 Å². The number of allylic oxidation sites excluding steroid dienone is 2. The minimum absolute atomic E-state index is 0.0507. The first kappa shape index (κ1) is 19.2. The molecule has 148 valence electrons. The smallest absolute Gasteiger partial charge is 0.303 e. The van der Waals surface area contributed by atoms with Gasteiger partial charge in [0.05, 0.1) is 5.56 Å². The zero-order valence-electron chi connectivity index (χ0n) is 16.0. The Bertz CT molecular complexity index is 881. The first-order valence-electron chi connectivity index (χ1n) is 10.3. The first-order chi connectivity index (χ1) is 13.6. The summed E-state index contributed by atoms with van der Waals surface area (Å²) in [4.78, 5) is 23.6. The third-order valence-corrected chi connectivity index (χ3v) is 7.32. The molecule has 1 heterocycles. The molecule has 1 amide bonds. The van der Waals surface area contributed by atoms with Crippen LogP contribution >= 0.6 is 11.3 Å². The van der Waals surface area contributed by atoms with Gasteiger partial charge in [-0.05, 0) is 79.2 Å². The summed E-state index contributed by atoms with van der Waals surface area (Å²) in [5.74, 6) is 1.29. The number of aliphatic carboxylic acids is 1. The number of fused-ring (bicyclic) bond motifs is 3. The Balaban J connectivity index is 1.38. The number of nitrogens with one attached hydrogen (secondary N) is 1. The van der Waals surface area contributed by atoms with E-state index >= 15 is 0 Å². The van der Waals surface area contributed by atoms with Crippen LogP contribution in [0.15, 0.2) is 41.8 Å². The highest BCUT2D eigenvalue weighted by Gasteiger charge is 2.45. The topological polar surface area (TPSA) is 66.4 Å². The fraction of sp³-hybridized carbons (Fsp3) is 0.478. The van der Waals surface area contributed by atoms with Gasteiger partial charge in [-0.3, -0.25) is 9.59 Å². The maximum atomic E-state index is 13.0. The number of thiophene rings is 1. The van der Waals surface area contributed by atoms with Crippen LogP contribution in [0.5, 0.6) is 0 Å². The Morgan fingerprint density at radius 1 is 1.18 bits per heavy atom. The van der Waals surface area contributed by atoms with Crippen molar-refractivity contribution < 1.29 is 14.7 Å². The molecule has 2 aromatic rings. The van der Waals surface area contributed by atoms with Crippen LogP contribution in [0.4, 0.5) is 0 Å². The molecule has 3 aliphatic rings. The van der Waals surface area contributed by atoms with Crippen molar-refractivity contribution in [2.75, 3.05) is 0 Å². The molecule has 0 aliphatic heterocycles. The van der Waals surface area contributed by atoms with E-state index < -0.39 is 5.97 Å². The van der Waals surface area contributed by atoms with Crippen molar-refractivity contribution >= 4 is 33.3 Å². The number of carboxylic acid groups (broad SMARTS) is 1. The van der Waals surface area contributed by atoms with E-state index in [2.05, 4.69) is 29.6 Å². The van der Waals surface area contributed by atoms with E-state index in [1.807, 2.05) is 17.5 Å². The third kappa shape index (κ3) is 4.14. The molecule has 0 saturated heterocycles. The van der Waals surface area contributed by atoms with E-state index in [-0.39, 0.29) is 18.4 Å². The van der Waals surface area contributed by atoms with E-state index in [1.54, 1.807) is 11.3 Å². The van der Waals surface area contributed by atoms with E-state index in [0.717, 1.165) is 40.8 Å². The lowest BCUT2D eigenvalue weighted by Gasteiger charge is -2.51. The SMILES string of the molecule is O=C(O)CCC/C=C\C[C@@H]1C2CC(C2)C[C@H]1NC(=O)c1cccc2ccsc12. The number of unbranched alkanes of at least 4 members (excludes halogenated alkanes) is 1. The molecule has 1 aromatic carbocycles. The zero-order chi connectivity index (χ0) is 19.5. The van der Waals surface area contributed by atoms with Crippen molar-refractivity contribution in [1.82, 2.24) is 5.32 Å². The monoisotopic (exact) mass is 397 g/mol. The van der Waals surface area contributed by atoms with Crippen molar-refractivity contribution in [1.29, 1.82) is 0 Å². The number of benzene rings is 1. The maximum absolute atomic E-state index is 13.0. The number of carbonyl (C=O) groups excluding carboxylic acids is 1. The number of hydrogen-bond acceptors (Lipinski definition) is 3. The number of carboxylic acids is 1. The summed E-state index contributed by atoms with van der Waals surface area (Å²) in [6.45, 7) is 0. The molecule has 2 N–H and O–H groups in total. The van der Waals surface area contributed by atoms with Gasteiger partial charge < -0.3 is 10.4 Å². The van der Waals surface area contributed by atoms with E-state index in [4.69, 9.17) is 5.11 Å². The van der Waals surface area contributed by atoms with Gasteiger partial charge in [-0.1, -0.05) is 24.3 Å². The highest BCUT2D eigenvalue weighted by molar-refractivity contribution is 7.17. The second kappa shape index (κ2) is 8.48. The molecule has 3 saturated carbocycles. The zero-order valence-corrected chi connectivity index (χ0v) is 16.8. The highest BCUT2D eigenvalue weighted by atomic mass is 32.1. The molecule has 3 aliphatic carbocycles. The molecule has 4 nitrogen and oxygen atoms in total. The van der Waals surface area contributed by atoms with E-state index in [1.165, 1.54) is 12.8 Å². The van der Waals surface area contributed by atoms with E-state index in [0.29, 0.717) is 18.3 Å². The summed E-state index contributed by atoms with van der Waals surface area (Å²) in [7, 11) is 0. The van der Waals surface area contributed by atoms with Gasteiger partial charge in [-0.25, -0.2) is 0 Å². The van der Waals surface area contributed by atoms with Gasteiger partial charge in [0.25, 0.3) is 5.91 Å². The van der Waals surface area contributed by atoms with Gasteiger partial charge in [0.1, 0.15) is 0 Å². The average molecular weight is 398 g/mol. The van der Waals surface area contributed by atoms with Crippen molar-refractivity contribution in [2.45, 2.75) is 51.0 Å². The van der Waals surface area contributed by atoms with Crippen LogP contribution < -0.4 is 5.32 Å². The van der Waals surface area contributed by atoms with Crippen LogP contribution in [0.2, 0.25) is 0 Å². The predicted molar refractivity (Wildman–Crippen MR) is 113 cm³/mol. The molecule has 2 bridgehead atoms. The first-order valence-corrected chi connectivity index (χ1v) is 11.1. The molecule has 1 aromatic heterocycles. The Morgan fingerprint density at radius 3 is 2.86 bits per heavy atom. The molecule has 0 unspecified atom stereocenters. The Morgan fingerprint density at radius 2 is 2.04 bits per heavy atom. The van der Waals surface area contributed by atoms with Crippen molar-refractivity contribution in [2.24, 2.45) is 17.8 Å². The summed E-state index contributed by atoms with van der Waals surface area (Å²) in [6.07, 6.45) is 10.7. The molecule has 5 heteroatoms. The summed E-state index contributed by atoms with van der Waals surface area (Å²) >= 11 is 1.62. The fourth-order valence-electron chi connectivity index (χ4n) is 4.87. The number of rotatable bonds is 8. The van der Waals surface area contributed by atoms with Crippen LogP contribution in [0.3, 0.4) is 0 Å². The quantitative estimate of drug-likeness (QED) is 0.472. The largest absolute Gasteiger partial charge is 0.481 e. The number of amides is 1. The minimum Gasteiger partial charge on any atom is -0.481 e. The van der Waals surface area contributed by atoms with Gasteiger partial charge in [0.15, 0.2) is 0 Å². The normalized spacial score (nSPS) is 26.3.